The van der Waals surface area contributed by atoms with Crippen molar-refractivity contribution in [3.63, 3.8) is 0 Å². The van der Waals surface area contributed by atoms with Crippen LogP contribution < -0.4 is 5.46 Å². The highest BCUT2D eigenvalue weighted by Gasteiger charge is 2.26. The van der Waals surface area contributed by atoms with Crippen molar-refractivity contribution in [2.24, 2.45) is 0 Å². The molecule has 1 aliphatic rings. The number of benzene rings is 1. The van der Waals surface area contributed by atoms with E-state index in [9.17, 15) is 0 Å². The molecule has 1 aromatic rings. The summed E-state index contributed by atoms with van der Waals surface area (Å²) in [5, 5.41) is 0. The van der Waals surface area contributed by atoms with Gasteiger partial charge in [-0.1, -0.05) is 50.5 Å². The van der Waals surface area contributed by atoms with Crippen molar-refractivity contribution in [3.05, 3.63) is 29.8 Å². The van der Waals surface area contributed by atoms with Crippen LogP contribution in [0.5, 0.6) is 0 Å². The molecular weight excluding hydrogens is 171 g/mol. The van der Waals surface area contributed by atoms with Gasteiger partial charge in [0.05, 0.1) is 6.61 Å². The molecule has 1 aliphatic heterocycles. The first-order valence-electron chi connectivity index (χ1n) is 5.61. The molecule has 0 saturated heterocycles. The highest BCUT2D eigenvalue weighted by atomic mass is 16.4. The Labute approximate surface area is 86.6 Å². The van der Waals surface area contributed by atoms with Crippen LogP contribution in [0.15, 0.2) is 24.3 Å². The van der Waals surface area contributed by atoms with Crippen LogP contribution in [0, 0.1) is 0 Å². The van der Waals surface area contributed by atoms with Gasteiger partial charge in [0.1, 0.15) is 0 Å². The van der Waals surface area contributed by atoms with E-state index in [1.807, 2.05) is 0 Å². The predicted octanol–water partition coefficient (Wildman–Crippen LogP) is 2.61. The third-order valence-electron chi connectivity index (χ3n) is 2.91. The molecule has 0 N–H and O–H groups in total. The molecule has 0 radical (unpaired) electrons. The van der Waals surface area contributed by atoms with Crippen molar-refractivity contribution < 1.29 is 4.65 Å². The maximum atomic E-state index is 5.77. The maximum Gasteiger partial charge on any atom is 0.327 e. The van der Waals surface area contributed by atoms with Gasteiger partial charge in [-0.3, -0.25) is 0 Å². The monoisotopic (exact) mass is 188 g/mol. The van der Waals surface area contributed by atoms with Crippen LogP contribution >= 0.6 is 0 Å². The smallest absolute Gasteiger partial charge is 0.327 e. The zero-order valence-electron chi connectivity index (χ0n) is 8.83. The molecule has 0 saturated carbocycles. The SMILES string of the molecule is CCCCCB1OCc2ccccc21. The Hall–Kier alpha value is -0.755. The summed E-state index contributed by atoms with van der Waals surface area (Å²) in [6, 6.07) is 8.59. The summed E-state index contributed by atoms with van der Waals surface area (Å²) in [6.07, 6.45) is 5.08. The minimum Gasteiger partial charge on any atom is -0.427 e. The zero-order chi connectivity index (χ0) is 9.80. The summed E-state index contributed by atoms with van der Waals surface area (Å²) in [5.74, 6) is 0. The lowest BCUT2D eigenvalue weighted by atomic mass is 9.58. The quantitative estimate of drug-likeness (QED) is 0.521. The molecule has 74 valence electrons. The number of hydrogen-bond acceptors (Lipinski definition) is 1. The average molecular weight is 188 g/mol. The summed E-state index contributed by atoms with van der Waals surface area (Å²) < 4.78 is 5.77. The minimum atomic E-state index is 0.373. The molecule has 0 spiro atoms. The molecule has 0 unspecified atom stereocenters. The standard InChI is InChI=1S/C12H17BO/c1-2-3-6-9-13-12-8-5-4-7-11(12)10-14-13/h4-5,7-8H,2-3,6,9-10H2,1H3. The van der Waals surface area contributed by atoms with Crippen molar-refractivity contribution in [2.75, 3.05) is 0 Å². The molecule has 0 amide bonds. The van der Waals surface area contributed by atoms with Gasteiger partial charge >= 0.3 is 6.92 Å². The van der Waals surface area contributed by atoms with E-state index in [1.165, 1.54) is 36.6 Å². The number of unbranched alkanes of at least 4 members (excludes halogenated alkanes) is 2. The Kier molecular flexibility index (Phi) is 3.25. The van der Waals surface area contributed by atoms with E-state index in [-0.39, 0.29) is 0 Å². The molecule has 14 heavy (non-hydrogen) atoms. The van der Waals surface area contributed by atoms with E-state index in [0.717, 1.165) is 6.61 Å². The van der Waals surface area contributed by atoms with Gasteiger partial charge in [-0.2, -0.15) is 0 Å². The summed E-state index contributed by atoms with van der Waals surface area (Å²) in [6.45, 7) is 3.42. The van der Waals surface area contributed by atoms with Crippen LogP contribution in [0.2, 0.25) is 6.32 Å². The van der Waals surface area contributed by atoms with E-state index in [4.69, 9.17) is 4.65 Å². The minimum absolute atomic E-state index is 0.373. The van der Waals surface area contributed by atoms with Crippen molar-refractivity contribution in [2.45, 2.75) is 39.1 Å². The molecule has 2 rings (SSSR count). The van der Waals surface area contributed by atoms with Crippen LogP contribution in [0.25, 0.3) is 0 Å². The first-order chi connectivity index (χ1) is 6.92. The Morgan fingerprint density at radius 2 is 2.14 bits per heavy atom. The van der Waals surface area contributed by atoms with E-state index < -0.39 is 0 Å². The zero-order valence-corrected chi connectivity index (χ0v) is 8.83. The first kappa shape index (κ1) is 9.79. The van der Waals surface area contributed by atoms with Gasteiger partial charge in [0.15, 0.2) is 0 Å². The fraction of sp³-hybridized carbons (Fsp3) is 0.500. The second kappa shape index (κ2) is 4.65. The third kappa shape index (κ3) is 2.01. The molecule has 0 aromatic heterocycles. The van der Waals surface area contributed by atoms with Crippen molar-refractivity contribution in [1.29, 1.82) is 0 Å². The first-order valence-corrected chi connectivity index (χ1v) is 5.61. The normalized spacial score (nSPS) is 14.5. The predicted molar refractivity (Wildman–Crippen MR) is 61.0 cm³/mol. The Morgan fingerprint density at radius 1 is 1.29 bits per heavy atom. The van der Waals surface area contributed by atoms with E-state index >= 15 is 0 Å². The second-order valence-corrected chi connectivity index (χ2v) is 3.99. The number of hydrogen-bond donors (Lipinski definition) is 0. The molecule has 1 nitrogen and oxygen atoms in total. The molecule has 2 heteroatoms. The van der Waals surface area contributed by atoms with Gasteiger partial charge in [0.2, 0.25) is 0 Å². The number of rotatable bonds is 4. The Balaban J connectivity index is 1.96. The van der Waals surface area contributed by atoms with Gasteiger partial charge in [-0.15, -0.1) is 0 Å². The average Bonchev–Trinajstić information content (AvgIpc) is 2.63. The molecular formula is C12H17BO. The summed E-state index contributed by atoms with van der Waals surface area (Å²) >= 11 is 0. The summed E-state index contributed by atoms with van der Waals surface area (Å²) in [7, 11) is 0. The molecule has 1 aromatic carbocycles. The van der Waals surface area contributed by atoms with Crippen LogP contribution in [0.4, 0.5) is 0 Å². The van der Waals surface area contributed by atoms with Crippen LogP contribution in [0.3, 0.4) is 0 Å². The van der Waals surface area contributed by atoms with Gasteiger partial charge in [0.25, 0.3) is 0 Å². The lowest BCUT2D eigenvalue weighted by molar-refractivity contribution is 0.329. The lowest BCUT2D eigenvalue weighted by Crippen LogP contribution is -2.27. The van der Waals surface area contributed by atoms with Gasteiger partial charge in [-0.25, -0.2) is 0 Å². The third-order valence-corrected chi connectivity index (χ3v) is 2.91. The fourth-order valence-corrected chi connectivity index (χ4v) is 2.08. The van der Waals surface area contributed by atoms with Gasteiger partial charge in [-0.05, 0) is 17.3 Å². The lowest BCUT2D eigenvalue weighted by Gasteiger charge is -2.05. The highest BCUT2D eigenvalue weighted by Crippen LogP contribution is 2.15. The van der Waals surface area contributed by atoms with Gasteiger partial charge in [0, 0.05) is 0 Å². The molecule has 0 fully saturated rings. The van der Waals surface area contributed by atoms with Crippen LogP contribution in [-0.2, 0) is 11.3 Å². The highest BCUT2D eigenvalue weighted by molar-refractivity contribution is 6.68. The maximum absolute atomic E-state index is 5.77. The van der Waals surface area contributed by atoms with Gasteiger partial charge < -0.3 is 4.65 Å². The second-order valence-electron chi connectivity index (χ2n) is 3.99. The number of fused-ring (bicyclic) bond motifs is 1. The Bertz CT molecular complexity index is 298. The van der Waals surface area contributed by atoms with Crippen molar-refractivity contribution in [1.82, 2.24) is 0 Å². The largest absolute Gasteiger partial charge is 0.427 e. The summed E-state index contributed by atoms with van der Waals surface area (Å²) in [5.41, 5.74) is 2.80. The van der Waals surface area contributed by atoms with E-state index in [2.05, 4.69) is 31.2 Å². The molecule has 0 aliphatic carbocycles. The van der Waals surface area contributed by atoms with Crippen LogP contribution in [-0.4, -0.2) is 6.92 Å². The fourth-order valence-electron chi connectivity index (χ4n) is 2.08. The molecule has 0 bridgehead atoms. The molecule has 0 atom stereocenters. The van der Waals surface area contributed by atoms with E-state index in [0.29, 0.717) is 6.92 Å². The van der Waals surface area contributed by atoms with E-state index in [1.54, 1.807) is 0 Å². The van der Waals surface area contributed by atoms with Crippen molar-refractivity contribution in [3.8, 4) is 0 Å². The molecule has 1 heterocycles. The van der Waals surface area contributed by atoms with Crippen LogP contribution in [0.1, 0.15) is 31.7 Å². The van der Waals surface area contributed by atoms with Crippen molar-refractivity contribution >= 4 is 12.4 Å². The Morgan fingerprint density at radius 3 is 3.00 bits per heavy atom. The topological polar surface area (TPSA) is 9.23 Å². The summed E-state index contributed by atoms with van der Waals surface area (Å²) in [4.78, 5) is 0.